The maximum absolute atomic E-state index is 13.3. The minimum atomic E-state index is -0.296. The molecule has 2 N–H and O–H groups in total. The van der Waals surface area contributed by atoms with Gasteiger partial charge in [-0.05, 0) is 19.1 Å². The van der Waals surface area contributed by atoms with Crippen LogP contribution in [0.3, 0.4) is 0 Å². The summed E-state index contributed by atoms with van der Waals surface area (Å²) in [6.07, 6.45) is 1.93. The molecule has 0 aliphatic heterocycles. The lowest BCUT2D eigenvalue weighted by Crippen LogP contribution is -2.15. The highest BCUT2D eigenvalue weighted by Gasteiger charge is 2.21. The molecule has 0 aliphatic rings. The quantitative estimate of drug-likeness (QED) is 0.283. The van der Waals surface area contributed by atoms with Crippen molar-refractivity contribution < 1.29 is 19.1 Å². The Morgan fingerprint density at radius 3 is 1.97 bits per heavy atom. The van der Waals surface area contributed by atoms with Gasteiger partial charge in [-0.15, -0.1) is 0 Å². The van der Waals surface area contributed by atoms with Gasteiger partial charge in [0.05, 0.1) is 31.3 Å². The Kier molecular flexibility index (Phi) is 6.61. The number of methoxy groups -OCH3 is 2. The number of carbonyl (C=O) groups excluding carboxylic acids is 2. The standard InChI is InChI=1S/C28H24N4O4S/c1-17-25(37-28-31-22(16-32(17)28)18-10-6-4-7-11-18)27(34)30-21-15-23(35-2)20(14-24(21)36-3)29-26(33)19-12-8-5-9-13-19/h4-16H,1-3H3,(H,29,33)(H,30,34). The van der Waals surface area contributed by atoms with Crippen molar-refractivity contribution in [1.29, 1.82) is 0 Å². The number of imidazole rings is 1. The zero-order valence-corrected chi connectivity index (χ0v) is 21.3. The topological polar surface area (TPSA) is 94.0 Å². The number of hydrogen-bond acceptors (Lipinski definition) is 6. The Balaban J connectivity index is 1.40. The highest BCUT2D eigenvalue weighted by atomic mass is 32.1. The van der Waals surface area contributed by atoms with E-state index in [1.165, 1.54) is 25.6 Å². The average molecular weight is 513 g/mol. The molecule has 0 spiro atoms. The SMILES string of the molecule is COc1cc(NC(=O)c2sc3nc(-c4ccccc4)cn3c2C)c(OC)cc1NC(=O)c1ccccc1. The lowest BCUT2D eigenvalue weighted by Gasteiger charge is -2.16. The van der Waals surface area contributed by atoms with Crippen molar-refractivity contribution in [2.24, 2.45) is 0 Å². The fraction of sp³-hybridized carbons (Fsp3) is 0.107. The van der Waals surface area contributed by atoms with Gasteiger partial charge in [0.15, 0.2) is 4.96 Å². The van der Waals surface area contributed by atoms with Crippen LogP contribution in [0, 0.1) is 6.92 Å². The van der Waals surface area contributed by atoms with Crippen LogP contribution in [0.2, 0.25) is 0 Å². The minimum absolute atomic E-state index is 0.287. The molecule has 2 amide bonds. The van der Waals surface area contributed by atoms with Crippen molar-refractivity contribution in [3.8, 4) is 22.8 Å². The summed E-state index contributed by atoms with van der Waals surface area (Å²) in [5.41, 5.74) is 3.99. The van der Waals surface area contributed by atoms with Gasteiger partial charge in [0.25, 0.3) is 11.8 Å². The van der Waals surface area contributed by atoms with E-state index in [0.717, 1.165) is 21.9 Å². The Labute approximate surface area is 217 Å². The first kappa shape index (κ1) is 24.1. The second-order valence-corrected chi connectivity index (χ2v) is 9.17. The molecule has 37 heavy (non-hydrogen) atoms. The first-order valence-corrected chi connectivity index (χ1v) is 12.3. The van der Waals surface area contributed by atoms with Crippen LogP contribution in [-0.2, 0) is 0 Å². The first-order valence-electron chi connectivity index (χ1n) is 11.5. The van der Waals surface area contributed by atoms with E-state index in [2.05, 4.69) is 10.6 Å². The number of ether oxygens (including phenoxy) is 2. The molecule has 2 heterocycles. The van der Waals surface area contributed by atoms with Gasteiger partial charge in [0, 0.05) is 35.2 Å². The normalized spacial score (nSPS) is 10.8. The molecule has 0 aliphatic carbocycles. The van der Waals surface area contributed by atoms with Crippen LogP contribution in [-0.4, -0.2) is 35.4 Å². The number of benzene rings is 3. The maximum Gasteiger partial charge on any atom is 0.267 e. The lowest BCUT2D eigenvalue weighted by molar-refractivity contribution is 0.101. The van der Waals surface area contributed by atoms with E-state index in [0.29, 0.717) is 33.3 Å². The fourth-order valence-corrected chi connectivity index (χ4v) is 4.97. The molecule has 0 atom stereocenters. The number of rotatable bonds is 7. The largest absolute Gasteiger partial charge is 0.494 e. The minimum Gasteiger partial charge on any atom is -0.494 e. The molecule has 0 unspecified atom stereocenters. The zero-order valence-electron chi connectivity index (χ0n) is 20.4. The van der Waals surface area contributed by atoms with Crippen molar-refractivity contribution >= 4 is 39.5 Å². The number of aryl methyl sites for hydroxylation is 1. The number of aromatic nitrogens is 2. The summed E-state index contributed by atoms with van der Waals surface area (Å²) in [4.78, 5) is 31.9. The van der Waals surface area contributed by atoms with E-state index in [-0.39, 0.29) is 11.8 Å². The van der Waals surface area contributed by atoms with Gasteiger partial charge >= 0.3 is 0 Å². The monoisotopic (exact) mass is 512 g/mol. The van der Waals surface area contributed by atoms with E-state index >= 15 is 0 Å². The second kappa shape index (κ2) is 10.2. The van der Waals surface area contributed by atoms with Crippen LogP contribution in [0.1, 0.15) is 25.7 Å². The van der Waals surface area contributed by atoms with E-state index in [1.807, 2.05) is 53.9 Å². The van der Waals surface area contributed by atoms with Crippen molar-refractivity contribution in [3.05, 3.63) is 95.1 Å². The van der Waals surface area contributed by atoms with Gasteiger partial charge in [-0.3, -0.25) is 14.0 Å². The molecule has 0 bridgehead atoms. The van der Waals surface area contributed by atoms with Crippen molar-refractivity contribution in [1.82, 2.24) is 9.38 Å². The van der Waals surface area contributed by atoms with Gasteiger partial charge in [0.1, 0.15) is 16.4 Å². The van der Waals surface area contributed by atoms with Gasteiger partial charge in [-0.2, -0.15) is 0 Å². The molecule has 0 saturated carbocycles. The van der Waals surface area contributed by atoms with Crippen LogP contribution in [0.25, 0.3) is 16.2 Å². The third-order valence-electron chi connectivity index (χ3n) is 5.89. The van der Waals surface area contributed by atoms with Gasteiger partial charge in [0.2, 0.25) is 0 Å². The molecular formula is C28H24N4O4S. The summed E-state index contributed by atoms with van der Waals surface area (Å²) in [7, 11) is 2.99. The summed E-state index contributed by atoms with van der Waals surface area (Å²) < 4.78 is 12.9. The molecule has 186 valence electrons. The smallest absolute Gasteiger partial charge is 0.267 e. The number of nitrogens with one attached hydrogen (secondary N) is 2. The molecule has 0 radical (unpaired) electrons. The third-order valence-corrected chi connectivity index (χ3v) is 7.04. The molecule has 0 fully saturated rings. The van der Waals surface area contributed by atoms with E-state index < -0.39 is 0 Å². The van der Waals surface area contributed by atoms with Crippen molar-refractivity contribution in [3.63, 3.8) is 0 Å². The van der Waals surface area contributed by atoms with Crippen molar-refractivity contribution in [2.75, 3.05) is 24.9 Å². The zero-order chi connectivity index (χ0) is 25.9. The molecule has 3 aromatic carbocycles. The highest BCUT2D eigenvalue weighted by molar-refractivity contribution is 7.19. The van der Waals surface area contributed by atoms with Crippen LogP contribution >= 0.6 is 11.3 Å². The molecule has 0 saturated heterocycles. The second-order valence-electron chi connectivity index (χ2n) is 8.19. The Bertz CT molecular complexity index is 1590. The Hall–Kier alpha value is -4.63. The molecule has 9 heteroatoms. The summed E-state index contributed by atoms with van der Waals surface area (Å²) in [6, 6.07) is 22.0. The summed E-state index contributed by atoms with van der Waals surface area (Å²) in [6.45, 7) is 1.88. The van der Waals surface area contributed by atoms with Crippen LogP contribution < -0.4 is 20.1 Å². The number of hydrogen-bond donors (Lipinski definition) is 2. The molecule has 5 aromatic rings. The van der Waals surface area contributed by atoms with Gasteiger partial charge < -0.3 is 20.1 Å². The highest BCUT2D eigenvalue weighted by Crippen LogP contribution is 2.37. The van der Waals surface area contributed by atoms with Crippen LogP contribution in [0.15, 0.2) is 79.0 Å². The van der Waals surface area contributed by atoms with E-state index in [9.17, 15) is 9.59 Å². The number of anilines is 2. The first-order chi connectivity index (χ1) is 18.0. The number of fused-ring (bicyclic) bond motifs is 1. The third kappa shape index (κ3) is 4.76. The molecular weight excluding hydrogens is 488 g/mol. The van der Waals surface area contributed by atoms with Crippen LogP contribution in [0.4, 0.5) is 11.4 Å². The molecule has 8 nitrogen and oxygen atoms in total. The maximum atomic E-state index is 13.3. The Morgan fingerprint density at radius 2 is 1.41 bits per heavy atom. The number of carbonyl (C=O) groups is 2. The molecule has 5 rings (SSSR count). The predicted octanol–water partition coefficient (Wildman–Crippen LogP) is 5.89. The summed E-state index contributed by atoms with van der Waals surface area (Å²) in [5.74, 6) is 0.175. The number of amides is 2. The van der Waals surface area contributed by atoms with E-state index in [1.54, 1.807) is 36.4 Å². The summed E-state index contributed by atoms with van der Waals surface area (Å²) in [5, 5.41) is 5.76. The van der Waals surface area contributed by atoms with E-state index in [4.69, 9.17) is 14.5 Å². The number of thiazole rings is 1. The van der Waals surface area contributed by atoms with Crippen LogP contribution in [0.5, 0.6) is 11.5 Å². The van der Waals surface area contributed by atoms with Crippen molar-refractivity contribution in [2.45, 2.75) is 6.92 Å². The lowest BCUT2D eigenvalue weighted by atomic mass is 10.2. The number of nitrogens with zero attached hydrogens (tertiary/aromatic N) is 2. The fourth-order valence-electron chi connectivity index (χ4n) is 3.96. The average Bonchev–Trinajstić information content (AvgIpc) is 3.49. The van der Waals surface area contributed by atoms with Gasteiger partial charge in [-0.1, -0.05) is 59.9 Å². The predicted molar refractivity (Wildman–Crippen MR) is 145 cm³/mol. The molecule has 2 aromatic heterocycles. The Morgan fingerprint density at radius 1 is 0.838 bits per heavy atom. The van der Waals surface area contributed by atoms with Gasteiger partial charge in [-0.25, -0.2) is 4.98 Å². The summed E-state index contributed by atoms with van der Waals surface area (Å²) >= 11 is 1.31.